The molecule has 6 heteroatoms. The maximum Gasteiger partial charge on any atom is 0.328 e. The highest BCUT2D eigenvalue weighted by molar-refractivity contribution is 5.97. The number of amides is 2. The van der Waals surface area contributed by atoms with Crippen LogP contribution in [0.3, 0.4) is 0 Å². The molecule has 0 aliphatic heterocycles. The van der Waals surface area contributed by atoms with Gasteiger partial charge in [-0.2, -0.15) is 0 Å². The normalized spacial score (nSPS) is 11.3. The molecule has 0 spiro atoms. The molecular formula is C14H18N2O4. The van der Waals surface area contributed by atoms with Crippen molar-refractivity contribution in [2.75, 3.05) is 13.7 Å². The zero-order valence-corrected chi connectivity index (χ0v) is 11.5. The van der Waals surface area contributed by atoms with E-state index in [1.54, 1.807) is 37.3 Å². The summed E-state index contributed by atoms with van der Waals surface area (Å²) in [6, 6.07) is 7.45. The maximum absolute atomic E-state index is 12.0. The second-order valence-corrected chi connectivity index (χ2v) is 4.07. The Kier molecular flexibility index (Phi) is 6.22. The molecule has 1 aromatic rings. The van der Waals surface area contributed by atoms with Gasteiger partial charge in [-0.15, -0.1) is 0 Å². The van der Waals surface area contributed by atoms with Gasteiger partial charge in [-0.1, -0.05) is 18.2 Å². The van der Waals surface area contributed by atoms with Gasteiger partial charge >= 0.3 is 5.97 Å². The van der Waals surface area contributed by atoms with Crippen LogP contribution in [0.25, 0.3) is 0 Å². The fraction of sp³-hybridized carbons (Fsp3) is 0.357. The fourth-order valence-corrected chi connectivity index (χ4v) is 1.62. The van der Waals surface area contributed by atoms with Gasteiger partial charge in [-0.3, -0.25) is 9.59 Å². The van der Waals surface area contributed by atoms with Crippen LogP contribution in [-0.2, 0) is 14.3 Å². The Morgan fingerprint density at radius 1 is 1.20 bits per heavy atom. The number of hydrogen-bond donors (Lipinski definition) is 2. The predicted octanol–water partition coefficient (Wildman–Crippen LogP) is 0.484. The van der Waals surface area contributed by atoms with Crippen LogP contribution in [0.1, 0.15) is 23.7 Å². The first-order valence-electron chi connectivity index (χ1n) is 6.29. The summed E-state index contributed by atoms with van der Waals surface area (Å²) >= 11 is 0. The number of ether oxygens (including phenoxy) is 1. The molecule has 0 fully saturated rings. The van der Waals surface area contributed by atoms with E-state index in [0.717, 1.165) is 0 Å². The standard InChI is InChI=1S/C14H18N2O4/c1-3-15-12(17)9-11(14(19)20-2)16-13(18)10-7-5-4-6-8-10/h4-8,11H,3,9H2,1-2H3,(H,15,17)(H,16,18). The molecule has 1 atom stereocenters. The summed E-state index contributed by atoms with van der Waals surface area (Å²) < 4.78 is 4.59. The second-order valence-electron chi connectivity index (χ2n) is 4.07. The predicted molar refractivity (Wildman–Crippen MR) is 73.0 cm³/mol. The summed E-state index contributed by atoms with van der Waals surface area (Å²) in [7, 11) is 1.21. The van der Waals surface area contributed by atoms with Crippen molar-refractivity contribution in [3.05, 3.63) is 35.9 Å². The Labute approximate surface area is 117 Å². The van der Waals surface area contributed by atoms with E-state index in [0.29, 0.717) is 12.1 Å². The van der Waals surface area contributed by atoms with Gasteiger partial charge < -0.3 is 15.4 Å². The largest absolute Gasteiger partial charge is 0.467 e. The molecule has 2 N–H and O–H groups in total. The second kappa shape index (κ2) is 7.93. The lowest BCUT2D eigenvalue weighted by Crippen LogP contribution is -2.44. The van der Waals surface area contributed by atoms with Crippen molar-refractivity contribution in [1.82, 2.24) is 10.6 Å². The first-order valence-corrected chi connectivity index (χ1v) is 6.29. The molecule has 0 aromatic heterocycles. The Morgan fingerprint density at radius 3 is 2.40 bits per heavy atom. The molecule has 1 aromatic carbocycles. The van der Waals surface area contributed by atoms with Crippen molar-refractivity contribution >= 4 is 17.8 Å². The lowest BCUT2D eigenvalue weighted by molar-refractivity contribution is -0.144. The van der Waals surface area contributed by atoms with Crippen molar-refractivity contribution in [2.45, 2.75) is 19.4 Å². The highest BCUT2D eigenvalue weighted by Gasteiger charge is 2.24. The van der Waals surface area contributed by atoms with Crippen LogP contribution in [0, 0.1) is 0 Å². The monoisotopic (exact) mass is 278 g/mol. The molecule has 1 unspecified atom stereocenters. The van der Waals surface area contributed by atoms with Gasteiger partial charge in [0.1, 0.15) is 6.04 Å². The van der Waals surface area contributed by atoms with E-state index in [9.17, 15) is 14.4 Å². The number of esters is 1. The minimum atomic E-state index is -1.00. The van der Waals surface area contributed by atoms with Gasteiger partial charge in [0, 0.05) is 12.1 Å². The van der Waals surface area contributed by atoms with Gasteiger partial charge in [0.05, 0.1) is 13.5 Å². The summed E-state index contributed by atoms with van der Waals surface area (Å²) in [5.74, 6) is -1.40. The summed E-state index contributed by atoms with van der Waals surface area (Å²) in [6.45, 7) is 2.23. The van der Waals surface area contributed by atoms with Crippen molar-refractivity contribution < 1.29 is 19.1 Å². The number of methoxy groups -OCH3 is 1. The summed E-state index contributed by atoms with van der Waals surface area (Å²) in [5.41, 5.74) is 0.414. The van der Waals surface area contributed by atoms with E-state index in [2.05, 4.69) is 15.4 Å². The minimum Gasteiger partial charge on any atom is -0.467 e. The summed E-state index contributed by atoms with van der Waals surface area (Å²) in [6.07, 6.45) is -0.154. The van der Waals surface area contributed by atoms with Gasteiger partial charge in [-0.25, -0.2) is 4.79 Å². The minimum absolute atomic E-state index is 0.154. The topological polar surface area (TPSA) is 84.5 Å². The zero-order valence-electron chi connectivity index (χ0n) is 11.5. The molecule has 20 heavy (non-hydrogen) atoms. The molecule has 0 radical (unpaired) electrons. The molecule has 6 nitrogen and oxygen atoms in total. The number of benzene rings is 1. The van der Waals surface area contributed by atoms with E-state index in [4.69, 9.17) is 0 Å². The van der Waals surface area contributed by atoms with Crippen LogP contribution in [0.4, 0.5) is 0 Å². The van der Waals surface area contributed by atoms with Gasteiger partial charge in [0.15, 0.2) is 0 Å². The van der Waals surface area contributed by atoms with E-state index in [-0.39, 0.29) is 12.3 Å². The highest BCUT2D eigenvalue weighted by Crippen LogP contribution is 2.02. The summed E-state index contributed by atoms with van der Waals surface area (Å²) in [4.78, 5) is 35.1. The molecule has 2 amide bonds. The molecule has 0 aliphatic rings. The number of nitrogens with one attached hydrogen (secondary N) is 2. The SMILES string of the molecule is CCNC(=O)CC(NC(=O)c1ccccc1)C(=O)OC. The lowest BCUT2D eigenvalue weighted by atomic mass is 10.1. The van der Waals surface area contributed by atoms with Crippen molar-refractivity contribution in [2.24, 2.45) is 0 Å². The smallest absolute Gasteiger partial charge is 0.328 e. The third-order valence-corrected chi connectivity index (χ3v) is 2.59. The van der Waals surface area contributed by atoms with Crippen LogP contribution >= 0.6 is 0 Å². The molecule has 0 aliphatic carbocycles. The number of rotatable bonds is 6. The molecule has 1 rings (SSSR count). The van der Waals surface area contributed by atoms with Crippen molar-refractivity contribution in [3.8, 4) is 0 Å². The average Bonchev–Trinajstić information content (AvgIpc) is 2.46. The Bertz CT molecular complexity index is 473. The third-order valence-electron chi connectivity index (χ3n) is 2.59. The highest BCUT2D eigenvalue weighted by atomic mass is 16.5. The van der Waals surface area contributed by atoms with E-state index >= 15 is 0 Å². The molecule has 108 valence electrons. The maximum atomic E-state index is 12.0. The van der Waals surface area contributed by atoms with Gasteiger partial charge in [-0.05, 0) is 19.1 Å². The van der Waals surface area contributed by atoms with Crippen LogP contribution < -0.4 is 10.6 Å². The lowest BCUT2D eigenvalue weighted by Gasteiger charge is -2.16. The van der Waals surface area contributed by atoms with Gasteiger partial charge in [0.25, 0.3) is 5.91 Å². The van der Waals surface area contributed by atoms with Crippen LogP contribution in [0.5, 0.6) is 0 Å². The van der Waals surface area contributed by atoms with Crippen molar-refractivity contribution in [1.29, 1.82) is 0 Å². The fourth-order valence-electron chi connectivity index (χ4n) is 1.62. The van der Waals surface area contributed by atoms with Crippen LogP contribution in [-0.4, -0.2) is 37.5 Å². The molecule has 0 saturated carbocycles. The first kappa shape index (κ1) is 15.7. The average molecular weight is 278 g/mol. The molecule has 0 bridgehead atoms. The number of hydrogen-bond acceptors (Lipinski definition) is 4. The van der Waals surface area contributed by atoms with Crippen LogP contribution in [0.2, 0.25) is 0 Å². The summed E-state index contributed by atoms with van der Waals surface area (Å²) in [5, 5.41) is 5.07. The van der Waals surface area contributed by atoms with E-state index < -0.39 is 17.9 Å². The van der Waals surface area contributed by atoms with E-state index in [1.165, 1.54) is 7.11 Å². The molecule has 0 heterocycles. The zero-order chi connectivity index (χ0) is 15.0. The van der Waals surface area contributed by atoms with Gasteiger partial charge in [0.2, 0.25) is 5.91 Å². The number of carbonyl (C=O) groups excluding carboxylic acids is 3. The first-order chi connectivity index (χ1) is 9.58. The van der Waals surface area contributed by atoms with E-state index in [1.807, 2.05) is 0 Å². The Balaban J connectivity index is 2.72. The number of carbonyl (C=O) groups is 3. The van der Waals surface area contributed by atoms with Crippen LogP contribution in [0.15, 0.2) is 30.3 Å². The Hall–Kier alpha value is -2.37. The third kappa shape index (κ3) is 4.72. The quantitative estimate of drug-likeness (QED) is 0.741. The molecular weight excluding hydrogens is 260 g/mol. The Morgan fingerprint density at radius 2 is 1.85 bits per heavy atom. The molecule has 0 saturated heterocycles. The van der Waals surface area contributed by atoms with Crippen molar-refractivity contribution in [3.63, 3.8) is 0 Å².